The van der Waals surface area contributed by atoms with Crippen LogP contribution in [0.4, 0.5) is 0 Å². The Balaban J connectivity index is 2.27. The lowest BCUT2D eigenvalue weighted by atomic mass is 10.1. The molecule has 2 heterocycles. The predicted molar refractivity (Wildman–Crippen MR) is 89.0 cm³/mol. The molecule has 2 rings (SSSR count). The zero-order chi connectivity index (χ0) is 15.6. The summed E-state index contributed by atoms with van der Waals surface area (Å²) in [5.41, 5.74) is 1.07. The van der Waals surface area contributed by atoms with Crippen molar-refractivity contribution in [2.45, 2.75) is 41.7 Å². The Bertz CT molecular complexity index is 583. The Morgan fingerprint density at radius 2 is 2.24 bits per heavy atom. The van der Waals surface area contributed by atoms with E-state index in [0.717, 1.165) is 35.8 Å². The van der Waals surface area contributed by atoms with Crippen LogP contribution in [0, 0.1) is 5.92 Å². The molecule has 0 saturated heterocycles. The van der Waals surface area contributed by atoms with Gasteiger partial charge in [0.1, 0.15) is 4.21 Å². The van der Waals surface area contributed by atoms with E-state index in [1.807, 2.05) is 0 Å². The van der Waals surface area contributed by atoms with Crippen LogP contribution in [0.3, 0.4) is 0 Å². The van der Waals surface area contributed by atoms with Crippen molar-refractivity contribution in [1.29, 1.82) is 0 Å². The standard InChI is InChI=1S/C13H23N3O2S3/c1-4-5-16-8-11(15-7-9(2)3)10-6-12(21(14,17)18)19-13(10)20-16/h6,9,11,15H,4-5,7-8H2,1-3H3,(H2,14,17,18). The lowest BCUT2D eigenvalue weighted by Crippen LogP contribution is -2.36. The van der Waals surface area contributed by atoms with Crippen LogP contribution in [0.1, 0.15) is 38.8 Å². The molecule has 1 atom stereocenters. The molecule has 0 aliphatic carbocycles. The average molecular weight is 350 g/mol. The highest BCUT2D eigenvalue weighted by Crippen LogP contribution is 2.43. The summed E-state index contributed by atoms with van der Waals surface area (Å²) in [6.07, 6.45) is 1.08. The van der Waals surface area contributed by atoms with E-state index in [2.05, 4.69) is 30.4 Å². The molecule has 0 bridgehead atoms. The smallest absolute Gasteiger partial charge is 0.247 e. The molecule has 1 aliphatic heterocycles. The van der Waals surface area contributed by atoms with Crippen LogP contribution in [0.15, 0.2) is 14.5 Å². The molecule has 1 aromatic rings. The topological polar surface area (TPSA) is 75.4 Å². The van der Waals surface area contributed by atoms with Gasteiger partial charge in [0, 0.05) is 19.1 Å². The number of hydrogen-bond donors (Lipinski definition) is 2. The van der Waals surface area contributed by atoms with Crippen LogP contribution in [0.2, 0.25) is 0 Å². The van der Waals surface area contributed by atoms with E-state index in [1.165, 1.54) is 11.3 Å². The molecule has 0 amide bonds. The summed E-state index contributed by atoms with van der Waals surface area (Å²) in [6, 6.07) is 1.91. The third kappa shape index (κ3) is 4.43. The van der Waals surface area contributed by atoms with Gasteiger partial charge in [0.15, 0.2) is 0 Å². The van der Waals surface area contributed by atoms with Crippen LogP contribution in [0.25, 0.3) is 0 Å². The Labute approximate surface area is 135 Å². The van der Waals surface area contributed by atoms with Crippen LogP contribution in [-0.2, 0) is 10.0 Å². The average Bonchev–Trinajstić information content (AvgIpc) is 2.80. The molecule has 120 valence electrons. The number of hydrogen-bond acceptors (Lipinski definition) is 6. The highest BCUT2D eigenvalue weighted by molar-refractivity contribution is 7.99. The molecule has 0 saturated carbocycles. The van der Waals surface area contributed by atoms with Crippen molar-refractivity contribution in [3.8, 4) is 0 Å². The molecular formula is C13H23N3O2S3. The first-order chi connectivity index (χ1) is 9.81. The summed E-state index contributed by atoms with van der Waals surface area (Å²) in [4.78, 5) is 0. The largest absolute Gasteiger partial charge is 0.309 e. The van der Waals surface area contributed by atoms with Gasteiger partial charge in [-0.1, -0.05) is 20.8 Å². The van der Waals surface area contributed by atoms with Gasteiger partial charge in [0.25, 0.3) is 0 Å². The van der Waals surface area contributed by atoms with Crippen molar-refractivity contribution < 1.29 is 8.42 Å². The molecule has 0 spiro atoms. The highest BCUT2D eigenvalue weighted by Gasteiger charge is 2.30. The van der Waals surface area contributed by atoms with Crippen LogP contribution in [-0.4, -0.2) is 32.4 Å². The van der Waals surface area contributed by atoms with Gasteiger partial charge in [-0.15, -0.1) is 11.3 Å². The van der Waals surface area contributed by atoms with Gasteiger partial charge < -0.3 is 5.32 Å². The maximum Gasteiger partial charge on any atom is 0.247 e. The third-order valence-corrected chi connectivity index (χ3v) is 7.03. The van der Waals surface area contributed by atoms with Crippen LogP contribution >= 0.6 is 23.3 Å². The number of nitrogens with zero attached hydrogens (tertiary/aromatic N) is 1. The third-order valence-electron chi connectivity index (χ3n) is 3.20. The van der Waals surface area contributed by atoms with Crippen LogP contribution in [0.5, 0.6) is 0 Å². The quantitative estimate of drug-likeness (QED) is 0.772. The van der Waals surface area contributed by atoms with Crippen molar-refractivity contribution in [2.75, 3.05) is 19.6 Å². The van der Waals surface area contributed by atoms with Crippen molar-refractivity contribution >= 4 is 33.3 Å². The van der Waals surface area contributed by atoms with Gasteiger partial charge in [-0.3, -0.25) is 0 Å². The van der Waals surface area contributed by atoms with Gasteiger partial charge in [0.2, 0.25) is 10.0 Å². The minimum Gasteiger partial charge on any atom is -0.309 e. The van der Waals surface area contributed by atoms with E-state index < -0.39 is 10.0 Å². The number of nitrogens with two attached hydrogens (primary N) is 1. The van der Waals surface area contributed by atoms with E-state index in [9.17, 15) is 8.42 Å². The van der Waals surface area contributed by atoms with Crippen LogP contribution < -0.4 is 10.5 Å². The van der Waals surface area contributed by atoms with Crippen molar-refractivity contribution in [3.05, 3.63) is 11.6 Å². The number of thiophene rings is 1. The van der Waals surface area contributed by atoms with E-state index in [-0.39, 0.29) is 10.3 Å². The maximum atomic E-state index is 11.6. The first-order valence-corrected chi connectivity index (χ1v) is 10.3. The summed E-state index contributed by atoms with van der Waals surface area (Å²) >= 11 is 2.93. The molecular weight excluding hydrogens is 326 g/mol. The number of sulfonamides is 1. The number of fused-ring (bicyclic) bond motifs is 1. The summed E-state index contributed by atoms with van der Waals surface area (Å²) in [5, 5.41) is 8.82. The number of primary sulfonamides is 1. The molecule has 3 N–H and O–H groups in total. The zero-order valence-corrected chi connectivity index (χ0v) is 15.1. The normalized spacial score (nSPS) is 20.0. The minimum absolute atomic E-state index is 0.168. The Morgan fingerprint density at radius 3 is 2.81 bits per heavy atom. The second-order valence-electron chi connectivity index (χ2n) is 5.69. The molecule has 8 heteroatoms. The van der Waals surface area contributed by atoms with Gasteiger partial charge in [0.05, 0.1) is 4.21 Å². The van der Waals surface area contributed by atoms with E-state index >= 15 is 0 Å². The molecule has 21 heavy (non-hydrogen) atoms. The molecule has 0 fully saturated rings. The predicted octanol–water partition coefficient (Wildman–Crippen LogP) is 2.41. The lowest BCUT2D eigenvalue weighted by Gasteiger charge is -2.32. The van der Waals surface area contributed by atoms with Gasteiger partial charge in [-0.2, -0.15) is 0 Å². The number of nitrogens with one attached hydrogen (secondary N) is 1. The van der Waals surface area contributed by atoms with Gasteiger partial charge >= 0.3 is 0 Å². The monoisotopic (exact) mass is 349 g/mol. The zero-order valence-electron chi connectivity index (χ0n) is 12.6. The summed E-state index contributed by atoms with van der Waals surface area (Å²) in [7, 11) is -3.62. The summed E-state index contributed by atoms with van der Waals surface area (Å²) < 4.78 is 26.7. The van der Waals surface area contributed by atoms with E-state index in [0.29, 0.717) is 5.92 Å². The Hall–Kier alpha value is -0.120. The SMILES string of the molecule is CCCN1CC(NCC(C)C)c2cc(S(N)(=O)=O)sc2S1. The fourth-order valence-corrected chi connectivity index (χ4v) is 5.84. The molecule has 1 aliphatic rings. The summed E-state index contributed by atoms with van der Waals surface area (Å²) in [5.74, 6) is 0.555. The fourth-order valence-electron chi connectivity index (χ4n) is 2.22. The molecule has 0 aromatic carbocycles. The first-order valence-electron chi connectivity index (χ1n) is 7.14. The number of rotatable bonds is 6. The Kier molecular flexibility index (Phi) is 5.72. The first kappa shape index (κ1) is 17.2. The molecule has 1 unspecified atom stereocenters. The van der Waals surface area contributed by atoms with E-state index in [1.54, 1.807) is 18.0 Å². The molecule has 0 radical (unpaired) electrons. The maximum absolute atomic E-state index is 11.6. The van der Waals surface area contributed by atoms with Crippen molar-refractivity contribution in [3.63, 3.8) is 0 Å². The summed E-state index contributed by atoms with van der Waals surface area (Å²) in [6.45, 7) is 9.27. The van der Waals surface area contributed by atoms with Crippen molar-refractivity contribution in [1.82, 2.24) is 9.62 Å². The Morgan fingerprint density at radius 1 is 1.52 bits per heavy atom. The highest BCUT2D eigenvalue weighted by atomic mass is 32.3. The van der Waals surface area contributed by atoms with E-state index in [4.69, 9.17) is 5.14 Å². The molecule has 1 aromatic heterocycles. The fraction of sp³-hybridized carbons (Fsp3) is 0.692. The van der Waals surface area contributed by atoms with Gasteiger partial charge in [-0.25, -0.2) is 17.9 Å². The molecule has 5 nitrogen and oxygen atoms in total. The minimum atomic E-state index is -3.62. The lowest BCUT2D eigenvalue weighted by molar-refractivity contribution is 0.363. The van der Waals surface area contributed by atoms with Crippen molar-refractivity contribution in [2.24, 2.45) is 11.1 Å². The second kappa shape index (κ2) is 6.97. The second-order valence-corrected chi connectivity index (χ2v) is 9.89. The van der Waals surface area contributed by atoms with Gasteiger partial charge in [-0.05, 0) is 42.5 Å².